The van der Waals surface area contributed by atoms with Gasteiger partial charge in [0.1, 0.15) is 0 Å². The van der Waals surface area contributed by atoms with Gasteiger partial charge in [-0.15, -0.1) is 0 Å². The summed E-state index contributed by atoms with van der Waals surface area (Å²) in [6, 6.07) is 0. The van der Waals surface area contributed by atoms with Crippen molar-refractivity contribution in [2.75, 3.05) is 14.1 Å². The lowest BCUT2D eigenvalue weighted by molar-refractivity contribution is -0.131. The molecule has 0 aliphatic heterocycles. The van der Waals surface area contributed by atoms with E-state index in [2.05, 4.69) is 6.42 Å². The van der Waals surface area contributed by atoms with Crippen LogP contribution in [0.3, 0.4) is 0 Å². The standard InChI is InChI=1S/C8H14NO/c1-9(2)8(10)7-5-3-4-6-7/h5,7H,3-4,6H2,1-2H3. The molecule has 0 aromatic heterocycles. The Morgan fingerprint density at radius 1 is 1.60 bits per heavy atom. The van der Waals surface area contributed by atoms with Gasteiger partial charge >= 0.3 is 0 Å². The van der Waals surface area contributed by atoms with Crippen LogP contribution in [-0.2, 0) is 4.79 Å². The molecule has 0 aromatic rings. The summed E-state index contributed by atoms with van der Waals surface area (Å²) >= 11 is 0. The molecule has 0 saturated heterocycles. The lowest BCUT2D eigenvalue weighted by Gasteiger charge is -2.14. The molecule has 1 saturated carbocycles. The Kier molecular flexibility index (Phi) is 2.30. The molecule has 10 heavy (non-hydrogen) atoms. The van der Waals surface area contributed by atoms with Crippen molar-refractivity contribution in [2.45, 2.75) is 19.3 Å². The zero-order valence-electron chi connectivity index (χ0n) is 6.63. The average molecular weight is 140 g/mol. The maximum absolute atomic E-state index is 11.2. The van der Waals surface area contributed by atoms with Crippen LogP contribution >= 0.6 is 0 Å². The normalized spacial score (nSPS) is 19.4. The third-order valence-electron chi connectivity index (χ3n) is 1.93. The van der Waals surface area contributed by atoms with Crippen LogP contribution in [0.1, 0.15) is 19.3 Å². The minimum atomic E-state index is 0.218. The largest absolute Gasteiger partial charge is 0.349 e. The molecule has 57 valence electrons. The molecular weight excluding hydrogens is 126 g/mol. The van der Waals surface area contributed by atoms with Crippen molar-refractivity contribution in [3.8, 4) is 0 Å². The molecule has 1 fully saturated rings. The summed E-state index contributed by atoms with van der Waals surface area (Å²) in [4.78, 5) is 12.9. The molecule has 1 aliphatic carbocycles. The number of nitrogens with zero attached hydrogens (tertiary/aromatic N) is 1. The highest BCUT2D eigenvalue weighted by Crippen LogP contribution is 2.24. The van der Waals surface area contributed by atoms with Crippen LogP contribution in [0.4, 0.5) is 0 Å². The summed E-state index contributed by atoms with van der Waals surface area (Å²) in [5.74, 6) is 0.479. The topological polar surface area (TPSA) is 20.3 Å². The van der Waals surface area contributed by atoms with Crippen molar-refractivity contribution in [1.29, 1.82) is 0 Å². The summed E-state index contributed by atoms with van der Waals surface area (Å²) in [5, 5.41) is 0. The third kappa shape index (κ3) is 1.49. The van der Waals surface area contributed by atoms with Gasteiger partial charge in [-0.05, 0) is 19.3 Å². The van der Waals surface area contributed by atoms with Gasteiger partial charge in [0.15, 0.2) is 0 Å². The fourth-order valence-corrected chi connectivity index (χ4v) is 1.33. The van der Waals surface area contributed by atoms with Crippen LogP contribution in [0.15, 0.2) is 0 Å². The highest BCUT2D eigenvalue weighted by molar-refractivity contribution is 5.79. The Morgan fingerprint density at radius 2 is 2.30 bits per heavy atom. The van der Waals surface area contributed by atoms with E-state index in [0.29, 0.717) is 0 Å². The zero-order valence-corrected chi connectivity index (χ0v) is 6.63. The second-order valence-corrected chi connectivity index (χ2v) is 3.01. The number of rotatable bonds is 1. The number of carbonyl (C=O) groups excluding carboxylic acids is 1. The molecule has 0 aromatic carbocycles. The Morgan fingerprint density at radius 3 is 2.70 bits per heavy atom. The number of carbonyl (C=O) groups is 1. The second kappa shape index (κ2) is 3.04. The second-order valence-electron chi connectivity index (χ2n) is 3.01. The fraction of sp³-hybridized carbons (Fsp3) is 0.750. The van der Waals surface area contributed by atoms with Crippen molar-refractivity contribution >= 4 is 5.91 Å². The van der Waals surface area contributed by atoms with E-state index in [-0.39, 0.29) is 11.8 Å². The van der Waals surface area contributed by atoms with E-state index < -0.39 is 0 Å². The minimum absolute atomic E-state index is 0.218. The van der Waals surface area contributed by atoms with Gasteiger partial charge in [0, 0.05) is 20.0 Å². The number of hydrogen-bond acceptors (Lipinski definition) is 1. The van der Waals surface area contributed by atoms with Crippen LogP contribution < -0.4 is 0 Å². The summed E-state index contributed by atoms with van der Waals surface area (Å²) < 4.78 is 0. The first-order valence-corrected chi connectivity index (χ1v) is 3.76. The van der Waals surface area contributed by atoms with E-state index >= 15 is 0 Å². The molecule has 0 N–H and O–H groups in total. The Balaban J connectivity index is 2.40. The van der Waals surface area contributed by atoms with Crippen LogP contribution in [0, 0.1) is 12.3 Å². The van der Waals surface area contributed by atoms with Crippen LogP contribution in [0.2, 0.25) is 0 Å². The van der Waals surface area contributed by atoms with E-state index in [4.69, 9.17) is 0 Å². The van der Waals surface area contributed by atoms with E-state index in [9.17, 15) is 4.79 Å². The average Bonchev–Trinajstić information content (AvgIpc) is 2.36. The molecule has 1 aliphatic rings. The molecule has 2 nitrogen and oxygen atoms in total. The van der Waals surface area contributed by atoms with Gasteiger partial charge in [-0.3, -0.25) is 4.79 Å². The van der Waals surface area contributed by atoms with Gasteiger partial charge in [0.05, 0.1) is 0 Å². The minimum Gasteiger partial charge on any atom is -0.349 e. The monoisotopic (exact) mass is 140 g/mol. The maximum Gasteiger partial charge on any atom is 0.225 e. The highest BCUT2D eigenvalue weighted by Gasteiger charge is 2.23. The van der Waals surface area contributed by atoms with Gasteiger partial charge in [-0.2, -0.15) is 0 Å². The summed E-state index contributed by atoms with van der Waals surface area (Å²) in [5.41, 5.74) is 0. The molecule has 0 heterocycles. The zero-order chi connectivity index (χ0) is 7.56. The molecule has 1 radical (unpaired) electrons. The van der Waals surface area contributed by atoms with Gasteiger partial charge < -0.3 is 4.90 Å². The van der Waals surface area contributed by atoms with Crippen molar-refractivity contribution in [3.05, 3.63) is 6.42 Å². The quantitative estimate of drug-likeness (QED) is 0.533. The van der Waals surface area contributed by atoms with Crippen LogP contribution in [0.5, 0.6) is 0 Å². The summed E-state index contributed by atoms with van der Waals surface area (Å²) in [7, 11) is 3.63. The predicted octanol–water partition coefficient (Wildman–Crippen LogP) is 1.08. The van der Waals surface area contributed by atoms with Crippen molar-refractivity contribution in [2.24, 2.45) is 5.92 Å². The van der Waals surface area contributed by atoms with Gasteiger partial charge in [0.25, 0.3) is 0 Å². The first kappa shape index (κ1) is 7.58. The van der Waals surface area contributed by atoms with Gasteiger partial charge in [-0.25, -0.2) is 0 Å². The molecule has 1 amide bonds. The van der Waals surface area contributed by atoms with E-state index in [1.54, 1.807) is 4.90 Å². The SMILES string of the molecule is CN(C)C(=O)C1[CH]CCC1. The third-order valence-corrected chi connectivity index (χ3v) is 1.93. The molecule has 0 spiro atoms. The van der Waals surface area contributed by atoms with Crippen molar-refractivity contribution in [1.82, 2.24) is 4.90 Å². The van der Waals surface area contributed by atoms with Crippen molar-refractivity contribution < 1.29 is 4.79 Å². The molecule has 0 bridgehead atoms. The number of amides is 1. The first-order chi connectivity index (χ1) is 4.72. The molecular formula is C8H14NO. The summed E-state index contributed by atoms with van der Waals surface area (Å²) in [6.07, 6.45) is 5.48. The Hall–Kier alpha value is -0.530. The number of hydrogen-bond donors (Lipinski definition) is 0. The van der Waals surface area contributed by atoms with Gasteiger partial charge in [0.2, 0.25) is 5.91 Å². The Labute approximate surface area is 62.2 Å². The predicted molar refractivity (Wildman–Crippen MR) is 40.3 cm³/mol. The first-order valence-electron chi connectivity index (χ1n) is 3.76. The lowest BCUT2D eigenvalue weighted by Crippen LogP contribution is -2.28. The Bertz CT molecular complexity index is 125. The molecule has 1 rings (SSSR count). The highest BCUT2D eigenvalue weighted by atomic mass is 16.2. The molecule has 1 atom stereocenters. The van der Waals surface area contributed by atoms with Crippen LogP contribution in [-0.4, -0.2) is 24.9 Å². The lowest BCUT2D eigenvalue weighted by atomic mass is 10.1. The molecule has 2 heteroatoms. The van der Waals surface area contributed by atoms with Crippen molar-refractivity contribution in [3.63, 3.8) is 0 Å². The molecule has 1 unspecified atom stereocenters. The van der Waals surface area contributed by atoms with E-state index in [0.717, 1.165) is 12.8 Å². The summed E-state index contributed by atoms with van der Waals surface area (Å²) in [6.45, 7) is 0. The fourth-order valence-electron chi connectivity index (χ4n) is 1.33. The van der Waals surface area contributed by atoms with Gasteiger partial charge in [-0.1, -0.05) is 6.42 Å². The maximum atomic E-state index is 11.2. The smallest absolute Gasteiger partial charge is 0.225 e. The van der Waals surface area contributed by atoms with Crippen LogP contribution in [0.25, 0.3) is 0 Å². The van der Waals surface area contributed by atoms with E-state index in [1.807, 2.05) is 14.1 Å². The van der Waals surface area contributed by atoms with E-state index in [1.165, 1.54) is 6.42 Å².